The summed E-state index contributed by atoms with van der Waals surface area (Å²) >= 11 is 1.65. The summed E-state index contributed by atoms with van der Waals surface area (Å²) in [7, 11) is 1.57. The number of methoxy groups -OCH3 is 1. The molecule has 0 aliphatic heterocycles. The molecule has 0 saturated heterocycles. The SMILES string of the molecule is COCCNC(=O)COC(=O)[C@@H]1CCCC[C@@H]1c1nc2ccccc2s1. The Morgan fingerprint density at radius 3 is 2.88 bits per heavy atom. The molecule has 1 aromatic carbocycles. The maximum atomic E-state index is 12.6. The number of hydrogen-bond acceptors (Lipinski definition) is 6. The standard InChI is InChI=1S/C19H24N2O4S/c1-24-11-10-20-17(22)12-25-19(23)14-7-3-2-6-13(14)18-21-15-8-4-5-9-16(15)26-18/h4-5,8-9,13-14H,2-3,6-7,10-12H2,1H3,(H,20,22)/t13-,14+/m0/s1. The number of fused-ring (bicyclic) bond motifs is 1. The van der Waals surface area contributed by atoms with Crippen LogP contribution >= 0.6 is 11.3 Å². The number of ether oxygens (including phenoxy) is 2. The maximum absolute atomic E-state index is 12.6. The van der Waals surface area contributed by atoms with Gasteiger partial charge in [-0.05, 0) is 25.0 Å². The van der Waals surface area contributed by atoms with Gasteiger partial charge in [-0.3, -0.25) is 9.59 Å². The average molecular weight is 376 g/mol. The Labute approximate surface area is 156 Å². The van der Waals surface area contributed by atoms with Gasteiger partial charge in [-0.2, -0.15) is 0 Å². The van der Waals surface area contributed by atoms with Gasteiger partial charge in [-0.25, -0.2) is 4.98 Å². The number of rotatable bonds is 7. The minimum absolute atomic E-state index is 0.0743. The van der Waals surface area contributed by atoms with Crippen molar-refractivity contribution in [2.45, 2.75) is 31.6 Å². The van der Waals surface area contributed by atoms with E-state index < -0.39 is 0 Å². The van der Waals surface area contributed by atoms with E-state index in [2.05, 4.69) is 11.4 Å². The zero-order valence-corrected chi connectivity index (χ0v) is 15.7. The number of carbonyl (C=O) groups excluding carboxylic acids is 2. The third-order valence-electron chi connectivity index (χ3n) is 4.67. The molecule has 3 rings (SSSR count). The second-order valence-electron chi connectivity index (χ2n) is 6.47. The molecule has 7 heteroatoms. The first-order valence-electron chi connectivity index (χ1n) is 8.97. The molecule has 1 N–H and O–H groups in total. The van der Waals surface area contributed by atoms with Crippen LogP contribution in [0.4, 0.5) is 0 Å². The molecule has 1 aliphatic carbocycles. The Bertz CT molecular complexity index is 728. The number of carbonyl (C=O) groups is 2. The van der Waals surface area contributed by atoms with Crippen molar-refractivity contribution in [3.8, 4) is 0 Å². The Kier molecular flexibility index (Phi) is 6.57. The first-order chi connectivity index (χ1) is 12.7. The quantitative estimate of drug-likeness (QED) is 0.594. The molecule has 0 bridgehead atoms. The van der Waals surface area contributed by atoms with Gasteiger partial charge < -0.3 is 14.8 Å². The summed E-state index contributed by atoms with van der Waals surface area (Å²) in [6.45, 7) is 0.595. The van der Waals surface area contributed by atoms with Crippen LogP contribution in [0.5, 0.6) is 0 Å². The molecule has 140 valence electrons. The number of esters is 1. The van der Waals surface area contributed by atoms with Crippen LogP contribution in [0, 0.1) is 5.92 Å². The van der Waals surface area contributed by atoms with Crippen molar-refractivity contribution < 1.29 is 19.1 Å². The Hall–Kier alpha value is -1.99. The highest BCUT2D eigenvalue weighted by Crippen LogP contribution is 2.41. The lowest BCUT2D eigenvalue weighted by Gasteiger charge is -2.28. The lowest BCUT2D eigenvalue weighted by molar-refractivity contribution is -0.154. The van der Waals surface area contributed by atoms with Gasteiger partial charge in [0.05, 0.1) is 27.7 Å². The number of nitrogens with zero attached hydrogens (tertiary/aromatic N) is 1. The van der Waals surface area contributed by atoms with Crippen molar-refractivity contribution in [1.29, 1.82) is 0 Å². The molecular formula is C19H24N2O4S. The number of hydrogen-bond donors (Lipinski definition) is 1. The van der Waals surface area contributed by atoms with Crippen molar-refractivity contribution in [3.05, 3.63) is 29.3 Å². The summed E-state index contributed by atoms with van der Waals surface area (Å²) in [5.41, 5.74) is 0.975. The lowest BCUT2D eigenvalue weighted by Crippen LogP contribution is -2.34. The fourth-order valence-corrected chi connectivity index (χ4v) is 4.51. The van der Waals surface area contributed by atoms with E-state index in [0.29, 0.717) is 13.2 Å². The second-order valence-corrected chi connectivity index (χ2v) is 7.53. The number of benzene rings is 1. The first kappa shape index (κ1) is 18.8. The Balaban J connectivity index is 1.62. The Morgan fingerprint density at radius 1 is 1.27 bits per heavy atom. The van der Waals surface area contributed by atoms with E-state index in [9.17, 15) is 9.59 Å². The molecule has 0 unspecified atom stereocenters. The van der Waals surface area contributed by atoms with Gasteiger partial charge in [0.2, 0.25) is 0 Å². The molecule has 1 heterocycles. The number of thiazole rings is 1. The molecule has 26 heavy (non-hydrogen) atoms. The molecule has 2 aromatic rings. The van der Waals surface area contributed by atoms with Crippen molar-refractivity contribution >= 4 is 33.4 Å². The van der Waals surface area contributed by atoms with E-state index >= 15 is 0 Å². The average Bonchev–Trinajstić information content (AvgIpc) is 3.10. The van der Waals surface area contributed by atoms with Gasteiger partial charge in [-0.1, -0.05) is 25.0 Å². The van der Waals surface area contributed by atoms with Crippen LogP contribution in [0.2, 0.25) is 0 Å². The van der Waals surface area contributed by atoms with Crippen LogP contribution in [0.3, 0.4) is 0 Å². The number of nitrogens with one attached hydrogen (secondary N) is 1. The zero-order chi connectivity index (χ0) is 18.4. The fourth-order valence-electron chi connectivity index (χ4n) is 3.34. The van der Waals surface area contributed by atoms with Crippen LogP contribution in [-0.4, -0.2) is 43.7 Å². The summed E-state index contributed by atoms with van der Waals surface area (Å²) in [4.78, 5) is 29.0. The molecule has 1 fully saturated rings. The van der Waals surface area contributed by atoms with E-state index in [-0.39, 0.29) is 30.3 Å². The summed E-state index contributed by atoms with van der Waals surface area (Å²) < 4.78 is 11.3. The third-order valence-corrected chi connectivity index (χ3v) is 5.84. The monoisotopic (exact) mass is 376 g/mol. The van der Waals surface area contributed by atoms with Crippen molar-refractivity contribution in [2.75, 3.05) is 26.9 Å². The maximum Gasteiger partial charge on any atom is 0.310 e. The van der Waals surface area contributed by atoms with Crippen molar-refractivity contribution in [3.63, 3.8) is 0 Å². The van der Waals surface area contributed by atoms with Crippen LogP contribution in [0.25, 0.3) is 10.2 Å². The first-order valence-corrected chi connectivity index (χ1v) is 9.78. The van der Waals surface area contributed by atoms with Crippen LogP contribution in [0.1, 0.15) is 36.6 Å². The number of aromatic nitrogens is 1. The Morgan fingerprint density at radius 2 is 2.08 bits per heavy atom. The summed E-state index contributed by atoms with van der Waals surface area (Å²) in [5.74, 6) is -0.750. The largest absolute Gasteiger partial charge is 0.455 e. The predicted octanol–water partition coefficient (Wildman–Crippen LogP) is 2.88. The molecule has 1 amide bonds. The lowest BCUT2D eigenvalue weighted by atomic mass is 9.79. The molecular weight excluding hydrogens is 352 g/mol. The predicted molar refractivity (Wildman–Crippen MR) is 100 cm³/mol. The second kappa shape index (κ2) is 9.09. The van der Waals surface area contributed by atoms with E-state index in [1.54, 1.807) is 18.4 Å². The highest BCUT2D eigenvalue weighted by atomic mass is 32.1. The molecule has 0 radical (unpaired) electrons. The van der Waals surface area contributed by atoms with Gasteiger partial charge in [-0.15, -0.1) is 11.3 Å². The van der Waals surface area contributed by atoms with Gasteiger partial charge in [0.25, 0.3) is 5.91 Å². The van der Waals surface area contributed by atoms with Crippen molar-refractivity contribution in [2.24, 2.45) is 5.92 Å². The van der Waals surface area contributed by atoms with Crippen molar-refractivity contribution in [1.82, 2.24) is 10.3 Å². The minimum Gasteiger partial charge on any atom is -0.455 e. The minimum atomic E-state index is -0.303. The highest BCUT2D eigenvalue weighted by Gasteiger charge is 2.35. The molecule has 1 saturated carbocycles. The highest BCUT2D eigenvalue weighted by molar-refractivity contribution is 7.18. The smallest absolute Gasteiger partial charge is 0.310 e. The summed E-state index contributed by atoms with van der Waals surface area (Å²) in [6.07, 6.45) is 3.80. The molecule has 1 aromatic heterocycles. The van der Waals surface area contributed by atoms with Crippen LogP contribution in [-0.2, 0) is 19.1 Å². The van der Waals surface area contributed by atoms with Gasteiger partial charge in [0, 0.05) is 19.6 Å². The van der Waals surface area contributed by atoms with Gasteiger partial charge in [0.15, 0.2) is 6.61 Å². The van der Waals surface area contributed by atoms with E-state index in [1.165, 1.54) is 0 Å². The number of para-hydroxylation sites is 1. The van der Waals surface area contributed by atoms with Crippen LogP contribution in [0.15, 0.2) is 24.3 Å². The fraction of sp³-hybridized carbons (Fsp3) is 0.526. The topological polar surface area (TPSA) is 77.5 Å². The number of amides is 1. The normalized spacial score (nSPS) is 20.0. The zero-order valence-electron chi connectivity index (χ0n) is 14.9. The molecule has 6 nitrogen and oxygen atoms in total. The molecule has 1 aliphatic rings. The summed E-state index contributed by atoms with van der Waals surface area (Å²) in [6, 6.07) is 8.02. The summed E-state index contributed by atoms with van der Waals surface area (Å²) in [5, 5.41) is 3.65. The molecule has 0 spiro atoms. The van der Waals surface area contributed by atoms with E-state index in [1.807, 2.05) is 18.2 Å². The van der Waals surface area contributed by atoms with Gasteiger partial charge >= 0.3 is 5.97 Å². The van der Waals surface area contributed by atoms with E-state index in [4.69, 9.17) is 14.5 Å². The molecule has 2 atom stereocenters. The van der Waals surface area contributed by atoms with Gasteiger partial charge in [0.1, 0.15) is 0 Å². The van der Waals surface area contributed by atoms with Crippen LogP contribution < -0.4 is 5.32 Å². The third kappa shape index (κ3) is 4.59. The van der Waals surface area contributed by atoms with E-state index in [0.717, 1.165) is 40.9 Å².